The number of aromatic nitrogens is 3. The molecule has 5 heteroatoms. The molecule has 0 spiro atoms. The highest BCUT2D eigenvalue weighted by atomic mass is 35.5. The van der Waals surface area contributed by atoms with Gasteiger partial charge in [0.25, 0.3) is 0 Å². The number of rotatable bonds is 5. The number of hydrogen-bond acceptors (Lipinski definition) is 3. The molecule has 4 nitrogen and oxygen atoms in total. The van der Waals surface area contributed by atoms with Gasteiger partial charge in [0.05, 0.1) is 11.1 Å². The molecule has 1 aromatic carbocycles. The van der Waals surface area contributed by atoms with Gasteiger partial charge in [0.2, 0.25) is 0 Å². The molecule has 1 heterocycles. The molecule has 2 saturated carbocycles. The van der Waals surface area contributed by atoms with E-state index in [-0.39, 0.29) is 5.41 Å². The Hall–Kier alpha value is -1.94. The second-order valence-electron chi connectivity index (χ2n) is 7.20. The van der Waals surface area contributed by atoms with Crippen molar-refractivity contribution in [3.63, 3.8) is 0 Å². The van der Waals surface area contributed by atoms with Crippen LogP contribution < -0.4 is 0 Å². The molecule has 2 aliphatic rings. The van der Waals surface area contributed by atoms with Gasteiger partial charge in [-0.25, -0.2) is 0 Å². The van der Waals surface area contributed by atoms with Crippen molar-refractivity contribution >= 4 is 23.5 Å². The minimum absolute atomic E-state index is 0.174. The Labute approximate surface area is 153 Å². The minimum atomic E-state index is -0.174. The van der Waals surface area contributed by atoms with Gasteiger partial charge in [-0.3, -0.25) is 9.56 Å². The van der Waals surface area contributed by atoms with Crippen molar-refractivity contribution in [1.82, 2.24) is 14.8 Å². The number of benzene rings is 1. The highest BCUT2D eigenvalue weighted by Crippen LogP contribution is 2.50. The summed E-state index contributed by atoms with van der Waals surface area (Å²) >= 11 is 6.62. The fourth-order valence-electron chi connectivity index (χ4n) is 3.94. The lowest BCUT2D eigenvalue weighted by Gasteiger charge is -2.41. The first-order valence-electron chi connectivity index (χ1n) is 8.92. The molecule has 0 unspecified atom stereocenters. The maximum atomic E-state index is 6.62. The largest absolute Gasteiger partial charge is 0.289 e. The first-order chi connectivity index (χ1) is 12.1. The molecule has 2 aromatic rings. The van der Waals surface area contributed by atoms with Crippen LogP contribution in [-0.4, -0.2) is 27.5 Å². The molecule has 0 atom stereocenters. The summed E-state index contributed by atoms with van der Waals surface area (Å²) in [6, 6.07) is 6.31. The van der Waals surface area contributed by atoms with Gasteiger partial charge in [0.15, 0.2) is 5.82 Å². The van der Waals surface area contributed by atoms with Gasteiger partial charge in [-0.05, 0) is 49.8 Å². The summed E-state index contributed by atoms with van der Waals surface area (Å²) in [5.74, 6) is 2.29. The minimum Gasteiger partial charge on any atom is -0.289 e. The Balaban J connectivity index is 1.85. The normalized spacial score (nSPS) is 19.6. The second kappa shape index (κ2) is 6.10. The SMILES string of the molecule is C=Cn1c(C(=NC)C2CC2)nnc1C1(c2ccc(C)cc2Cl)CCC1. The third-order valence-corrected chi connectivity index (χ3v) is 5.90. The summed E-state index contributed by atoms with van der Waals surface area (Å²) in [5.41, 5.74) is 3.19. The van der Waals surface area contributed by atoms with Crippen LogP contribution in [0.3, 0.4) is 0 Å². The van der Waals surface area contributed by atoms with Crippen LogP contribution in [-0.2, 0) is 5.41 Å². The standard InChI is InChI=1S/C20H23ClN4/c1-4-25-18(17(22-3)14-7-8-14)23-24-19(25)20(10-5-11-20)15-9-6-13(2)12-16(15)21/h4,6,9,12,14H,1,5,7-8,10-11H2,2-3H3. The number of aryl methyl sites for hydroxylation is 1. The van der Waals surface area contributed by atoms with Crippen LogP contribution in [0.1, 0.15) is 54.9 Å². The van der Waals surface area contributed by atoms with E-state index in [1.54, 1.807) is 0 Å². The molecule has 0 radical (unpaired) electrons. The van der Waals surface area contributed by atoms with Crippen LogP contribution in [0.2, 0.25) is 5.02 Å². The zero-order valence-electron chi connectivity index (χ0n) is 14.8. The van der Waals surface area contributed by atoms with Crippen molar-refractivity contribution in [1.29, 1.82) is 0 Å². The van der Waals surface area contributed by atoms with Crippen molar-refractivity contribution in [2.75, 3.05) is 7.05 Å². The van der Waals surface area contributed by atoms with E-state index in [9.17, 15) is 0 Å². The number of aliphatic imine (C=N–C) groups is 1. The summed E-state index contributed by atoms with van der Waals surface area (Å²) in [7, 11) is 1.84. The van der Waals surface area contributed by atoms with Crippen molar-refractivity contribution in [2.24, 2.45) is 10.9 Å². The summed E-state index contributed by atoms with van der Waals surface area (Å²) < 4.78 is 2.04. The Kier molecular flexibility index (Phi) is 4.03. The average Bonchev–Trinajstić information content (AvgIpc) is 3.29. The van der Waals surface area contributed by atoms with Crippen molar-refractivity contribution in [2.45, 2.75) is 44.4 Å². The summed E-state index contributed by atoms with van der Waals surface area (Å²) in [5, 5.41) is 9.92. The molecule has 4 rings (SSSR count). The highest BCUT2D eigenvalue weighted by molar-refractivity contribution is 6.31. The van der Waals surface area contributed by atoms with Crippen molar-refractivity contribution < 1.29 is 0 Å². The molecular formula is C20H23ClN4. The van der Waals surface area contributed by atoms with Gasteiger partial charge in [-0.1, -0.05) is 36.7 Å². The molecule has 0 bridgehead atoms. The fraction of sp³-hybridized carbons (Fsp3) is 0.450. The predicted molar refractivity (Wildman–Crippen MR) is 102 cm³/mol. The average molecular weight is 355 g/mol. The van der Waals surface area contributed by atoms with Gasteiger partial charge in [-0.2, -0.15) is 0 Å². The first kappa shape index (κ1) is 16.5. The fourth-order valence-corrected chi connectivity index (χ4v) is 4.36. The molecule has 0 aliphatic heterocycles. The Morgan fingerprint density at radius 3 is 2.64 bits per heavy atom. The van der Waals surface area contributed by atoms with Crippen molar-refractivity contribution in [3.05, 3.63) is 52.6 Å². The Morgan fingerprint density at radius 1 is 1.36 bits per heavy atom. The lowest BCUT2D eigenvalue weighted by atomic mass is 9.63. The highest BCUT2D eigenvalue weighted by Gasteiger charge is 2.46. The van der Waals surface area contributed by atoms with Crippen LogP contribution in [0.4, 0.5) is 0 Å². The van der Waals surface area contributed by atoms with Crippen molar-refractivity contribution in [3.8, 4) is 0 Å². The van der Waals surface area contributed by atoms with Gasteiger partial charge in [0.1, 0.15) is 5.82 Å². The van der Waals surface area contributed by atoms with Gasteiger partial charge in [-0.15, -0.1) is 10.2 Å². The molecule has 25 heavy (non-hydrogen) atoms. The monoisotopic (exact) mass is 354 g/mol. The second-order valence-corrected chi connectivity index (χ2v) is 7.61. The van der Waals surface area contributed by atoms with Crippen LogP contribution in [0, 0.1) is 12.8 Å². The van der Waals surface area contributed by atoms with E-state index in [4.69, 9.17) is 11.6 Å². The van der Waals surface area contributed by atoms with Crippen LogP contribution in [0.15, 0.2) is 29.8 Å². The molecule has 2 fully saturated rings. The zero-order valence-corrected chi connectivity index (χ0v) is 15.6. The van der Waals surface area contributed by atoms with Gasteiger partial charge >= 0.3 is 0 Å². The van der Waals surface area contributed by atoms with Crippen LogP contribution in [0.5, 0.6) is 0 Å². The quantitative estimate of drug-likeness (QED) is 0.734. The molecule has 2 aliphatic carbocycles. The predicted octanol–water partition coefficient (Wildman–Crippen LogP) is 4.64. The number of halogens is 1. The molecule has 0 N–H and O–H groups in total. The lowest BCUT2D eigenvalue weighted by molar-refractivity contribution is 0.282. The topological polar surface area (TPSA) is 43.1 Å². The molecule has 0 saturated heterocycles. The van der Waals surface area contributed by atoms with E-state index < -0.39 is 0 Å². The van der Waals surface area contributed by atoms with Gasteiger partial charge in [0, 0.05) is 24.2 Å². The molecule has 1 aromatic heterocycles. The Morgan fingerprint density at radius 2 is 2.12 bits per heavy atom. The molecule has 130 valence electrons. The number of hydrogen-bond donors (Lipinski definition) is 0. The van der Waals surface area contributed by atoms with E-state index in [1.165, 1.54) is 24.8 Å². The molecule has 0 amide bonds. The van der Waals surface area contributed by atoms with E-state index in [0.29, 0.717) is 5.92 Å². The van der Waals surface area contributed by atoms with E-state index >= 15 is 0 Å². The summed E-state index contributed by atoms with van der Waals surface area (Å²) in [6.45, 7) is 6.08. The van der Waals surface area contributed by atoms with Crippen LogP contribution in [0.25, 0.3) is 6.20 Å². The van der Waals surface area contributed by atoms with E-state index in [0.717, 1.165) is 40.8 Å². The third kappa shape index (κ3) is 2.54. The molecular weight excluding hydrogens is 332 g/mol. The van der Waals surface area contributed by atoms with Gasteiger partial charge < -0.3 is 0 Å². The van der Waals surface area contributed by atoms with Crippen LogP contribution >= 0.6 is 11.6 Å². The lowest BCUT2D eigenvalue weighted by Crippen LogP contribution is -2.38. The van der Waals surface area contributed by atoms with E-state index in [2.05, 4.69) is 40.8 Å². The smallest absolute Gasteiger partial charge is 0.182 e. The third-order valence-electron chi connectivity index (χ3n) is 5.59. The Bertz CT molecular complexity index is 857. The zero-order chi connectivity index (χ0) is 17.6. The van der Waals surface area contributed by atoms with E-state index in [1.807, 2.05) is 23.9 Å². The first-order valence-corrected chi connectivity index (χ1v) is 9.30. The summed E-state index contributed by atoms with van der Waals surface area (Å²) in [6.07, 6.45) is 7.41. The summed E-state index contributed by atoms with van der Waals surface area (Å²) in [4.78, 5) is 4.49. The maximum Gasteiger partial charge on any atom is 0.182 e. The maximum absolute atomic E-state index is 6.62. The number of nitrogens with zero attached hydrogens (tertiary/aromatic N) is 4.